The molecule has 0 heterocycles. The fraction of sp³-hybridized carbons (Fsp3) is 0.467. The van der Waals surface area contributed by atoms with Crippen LogP contribution in [-0.4, -0.2) is 25.6 Å². The van der Waals surface area contributed by atoms with Crippen LogP contribution in [0.25, 0.3) is 0 Å². The zero-order valence-corrected chi connectivity index (χ0v) is 12.8. The van der Waals surface area contributed by atoms with Gasteiger partial charge in [0.05, 0.1) is 12.8 Å². The van der Waals surface area contributed by atoms with Crippen molar-refractivity contribution in [2.24, 2.45) is 0 Å². The van der Waals surface area contributed by atoms with Gasteiger partial charge in [0.15, 0.2) is 0 Å². The Labute approximate surface area is 125 Å². The molecule has 21 heavy (non-hydrogen) atoms. The van der Waals surface area contributed by atoms with Crippen molar-refractivity contribution >= 4 is 23.3 Å². The Morgan fingerprint density at radius 3 is 2.57 bits per heavy atom. The molecule has 0 radical (unpaired) electrons. The van der Waals surface area contributed by atoms with Crippen LogP contribution >= 0.6 is 0 Å². The van der Waals surface area contributed by atoms with Gasteiger partial charge >= 0.3 is 6.03 Å². The maximum absolute atomic E-state index is 11.7. The molecule has 0 fully saturated rings. The predicted octanol–water partition coefficient (Wildman–Crippen LogP) is 2.97. The molecule has 1 aromatic rings. The topological polar surface area (TPSA) is 79.5 Å². The molecule has 0 aromatic heterocycles. The summed E-state index contributed by atoms with van der Waals surface area (Å²) >= 11 is 0. The van der Waals surface area contributed by atoms with Crippen LogP contribution in [0.5, 0.6) is 5.75 Å². The molecule has 1 aromatic carbocycles. The Hall–Kier alpha value is -2.24. The van der Waals surface area contributed by atoms with E-state index in [1.54, 1.807) is 18.2 Å². The first-order valence-corrected chi connectivity index (χ1v) is 7.07. The van der Waals surface area contributed by atoms with Crippen LogP contribution in [0.4, 0.5) is 16.2 Å². The number of amides is 3. The third-order valence-corrected chi connectivity index (χ3v) is 2.84. The number of carbonyl (C=O) groups excluding carboxylic acids is 2. The normalized spacial score (nSPS) is 9.86. The fourth-order valence-corrected chi connectivity index (χ4v) is 1.81. The minimum atomic E-state index is -0.250. The van der Waals surface area contributed by atoms with Crippen LogP contribution in [0.2, 0.25) is 0 Å². The van der Waals surface area contributed by atoms with Gasteiger partial charge in [-0.25, -0.2) is 4.79 Å². The smallest absolute Gasteiger partial charge is 0.319 e. The number of urea groups is 1. The quantitative estimate of drug-likeness (QED) is 0.676. The molecule has 0 saturated heterocycles. The standard InChI is InChI=1S/C15H23N3O3/c1-4-5-6-9-16-15(20)18-12-7-8-13(17-11(2)19)14(10-12)21-3/h7-8,10H,4-6,9H2,1-3H3,(H,17,19)(H2,16,18,20). The molecular formula is C15H23N3O3. The number of anilines is 2. The van der Waals surface area contributed by atoms with E-state index in [2.05, 4.69) is 22.9 Å². The van der Waals surface area contributed by atoms with Gasteiger partial charge < -0.3 is 20.7 Å². The molecule has 6 nitrogen and oxygen atoms in total. The highest BCUT2D eigenvalue weighted by molar-refractivity contribution is 5.93. The molecule has 0 saturated carbocycles. The maximum atomic E-state index is 11.7. The summed E-state index contributed by atoms with van der Waals surface area (Å²) in [6, 6.07) is 4.81. The number of methoxy groups -OCH3 is 1. The van der Waals surface area contributed by atoms with Gasteiger partial charge in [0.1, 0.15) is 5.75 Å². The third kappa shape index (κ3) is 6.16. The maximum Gasteiger partial charge on any atom is 0.319 e. The molecule has 0 spiro atoms. The number of carbonyl (C=O) groups is 2. The highest BCUT2D eigenvalue weighted by Gasteiger charge is 2.07. The average molecular weight is 293 g/mol. The highest BCUT2D eigenvalue weighted by atomic mass is 16.5. The second kappa shape index (κ2) is 8.84. The second-order valence-corrected chi connectivity index (χ2v) is 4.68. The molecule has 116 valence electrons. The third-order valence-electron chi connectivity index (χ3n) is 2.84. The summed E-state index contributed by atoms with van der Waals surface area (Å²) in [7, 11) is 1.51. The van der Waals surface area contributed by atoms with Gasteiger partial charge in [-0.05, 0) is 18.6 Å². The van der Waals surface area contributed by atoms with Crippen LogP contribution in [-0.2, 0) is 4.79 Å². The van der Waals surface area contributed by atoms with Gasteiger partial charge in [-0.15, -0.1) is 0 Å². The minimum absolute atomic E-state index is 0.178. The van der Waals surface area contributed by atoms with Crippen molar-refractivity contribution < 1.29 is 14.3 Å². The van der Waals surface area contributed by atoms with Crippen LogP contribution in [0.1, 0.15) is 33.1 Å². The monoisotopic (exact) mass is 293 g/mol. The molecule has 0 aliphatic rings. The summed E-state index contributed by atoms with van der Waals surface area (Å²) in [4.78, 5) is 22.8. The molecule has 0 unspecified atom stereocenters. The molecule has 0 aliphatic carbocycles. The lowest BCUT2D eigenvalue weighted by Crippen LogP contribution is -2.29. The predicted molar refractivity (Wildman–Crippen MR) is 83.8 cm³/mol. The van der Waals surface area contributed by atoms with Gasteiger partial charge in [0.25, 0.3) is 0 Å². The summed E-state index contributed by atoms with van der Waals surface area (Å²) in [6.07, 6.45) is 3.18. The van der Waals surface area contributed by atoms with Crippen molar-refractivity contribution in [2.75, 3.05) is 24.3 Å². The highest BCUT2D eigenvalue weighted by Crippen LogP contribution is 2.27. The number of hydrogen-bond acceptors (Lipinski definition) is 3. The molecule has 1 rings (SSSR count). The van der Waals surface area contributed by atoms with Gasteiger partial charge in [-0.2, -0.15) is 0 Å². The zero-order valence-electron chi connectivity index (χ0n) is 12.8. The van der Waals surface area contributed by atoms with E-state index >= 15 is 0 Å². The summed E-state index contributed by atoms with van der Waals surface area (Å²) in [5.41, 5.74) is 1.17. The van der Waals surface area contributed by atoms with E-state index in [4.69, 9.17) is 4.74 Å². The van der Waals surface area contributed by atoms with Crippen LogP contribution in [0.3, 0.4) is 0 Å². The number of benzene rings is 1. The number of unbranched alkanes of at least 4 members (excludes halogenated alkanes) is 2. The van der Waals surface area contributed by atoms with E-state index < -0.39 is 0 Å². The van der Waals surface area contributed by atoms with Gasteiger partial charge in [0.2, 0.25) is 5.91 Å². The second-order valence-electron chi connectivity index (χ2n) is 4.68. The number of ether oxygens (including phenoxy) is 1. The van der Waals surface area contributed by atoms with Crippen molar-refractivity contribution in [1.82, 2.24) is 5.32 Å². The van der Waals surface area contributed by atoms with Gasteiger partial charge in [-0.1, -0.05) is 19.8 Å². The van der Waals surface area contributed by atoms with Gasteiger partial charge in [-0.3, -0.25) is 4.79 Å². The van der Waals surface area contributed by atoms with Crippen molar-refractivity contribution in [3.8, 4) is 5.75 Å². The van der Waals surface area contributed by atoms with Crippen LogP contribution in [0, 0.1) is 0 Å². The largest absolute Gasteiger partial charge is 0.494 e. The van der Waals surface area contributed by atoms with E-state index in [1.807, 2.05) is 0 Å². The molecule has 6 heteroatoms. The molecule has 0 atom stereocenters. The van der Waals surface area contributed by atoms with Crippen molar-refractivity contribution in [1.29, 1.82) is 0 Å². The Morgan fingerprint density at radius 2 is 1.95 bits per heavy atom. The summed E-state index contributed by atoms with van der Waals surface area (Å²) in [5.74, 6) is 0.316. The van der Waals surface area contributed by atoms with E-state index in [-0.39, 0.29) is 11.9 Å². The summed E-state index contributed by atoms with van der Waals surface area (Å²) in [5, 5.41) is 8.18. The molecule has 3 N–H and O–H groups in total. The fourth-order valence-electron chi connectivity index (χ4n) is 1.81. The van der Waals surface area contributed by atoms with Crippen molar-refractivity contribution in [3.63, 3.8) is 0 Å². The Kier molecular flexibility index (Phi) is 7.08. The van der Waals surface area contributed by atoms with Crippen molar-refractivity contribution in [2.45, 2.75) is 33.1 Å². The number of rotatable bonds is 7. The lowest BCUT2D eigenvalue weighted by atomic mass is 10.2. The lowest BCUT2D eigenvalue weighted by molar-refractivity contribution is -0.114. The molecular weight excluding hydrogens is 270 g/mol. The van der Waals surface area contributed by atoms with E-state index in [0.717, 1.165) is 19.3 Å². The zero-order chi connectivity index (χ0) is 15.7. The van der Waals surface area contributed by atoms with Crippen molar-refractivity contribution in [3.05, 3.63) is 18.2 Å². The van der Waals surface area contributed by atoms with E-state index in [0.29, 0.717) is 23.7 Å². The molecule has 3 amide bonds. The minimum Gasteiger partial charge on any atom is -0.494 e. The summed E-state index contributed by atoms with van der Waals surface area (Å²) in [6.45, 7) is 4.19. The Bertz CT molecular complexity index is 489. The van der Waals surface area contributed by atoms with Crippen LogP contribution < -0.4 is 20.7 Å². The molecule has 0 aliphatic heterocycles. The van der Waals surface area contributed by atoms with Crippen LogP contribution in [0.15, 0.2) is 18.2 Å². The summed E-state index contributed by atoms with van der Waals surface area (Å²) < 4.78 is 5.20. The Morgan fingerprint density at radius 1 is 1.19 bits per heavy atom. The first kappa shape index (κ1) is 16.8. The first-order valence-electron chi connectivity index (χ1n) is 7.07. The number of hydrogen-bond donors (Lipinski definition) is 3. The average Bonchev–Trinajstić information content (AvgIpc) is 2.44. The van der Waals surface area contributed by atoms with E-state index in [9.17, 15) is 9.59 Å². The first-order chi connectivity index (χ1) is 10.1. The van der Waals surface area contributed by atoms with Gasteiger partial charge in [0, 0.05) is 25.2 Å². The lowest BCUT2D eigenvalue weighted by Gasteiger charge is -2.12. The van der Waals surface area contributed by atoms with E-state index in [1.165, 1.54) is 14.0 Å². The molecule has 0 bridgehead atoms. The Balaban J connectivity index is 2.59. The number of nitrogens with one attached hydrogen (secondary N) is 3. The SMILES string of the molecule is CCCCCNC(=O)Nc1ccc(NC(C)=O)c(OC)c1.